The van der Waals surface area contributed by atoms with Crippen molar-refractivity contribution in [3.8, 4) is 0 Å². The SMILES string of the molecule is CNCCC(C(=O)O)C(=O)O.[NH4+].[NH4+].[Pt+2]. The predicted molar refractivity (Wildman–Crippen MR) is 49.3 cm³/mol. The van der Waals surface area contributed by atoms with Crippen molar-refractivity contribution in [2.75, 3.05) is 13.6 Å². The van der Waals surface area contributed by atoms with Gasteiger partial charge in [-0.2, -0.15) is 0 Å². The maximum absolute atomic E-state index is 10.2. The summed E-state index contributed by atoms with van der Waals surface area (Å²) in [4.78, 5) is 20.5. The molecule has 0 aromatic carbocycles. The first-order valence-electron chi connectivity index (χ1n) is 3.19. The van der Waals surface area contributed by atoms with E-state index in [1.165, 1.54) is 0 Å². The molecule has 7 nitrogen and oxygen atoms in total. The van der Waals surface area contributed by atoms with Crippen LogP contribution in [-0.4, -0.2) is 35.7 Å². The van der Waals surface area contributed by atoms with Crippen LogP contribution in [0.4, 0.5) is 0 Å². The fraction of sp³-hybridized carbons (Fsp3) is 0.667. The van der Waals surface area contributed by atoms with Gasteiger partial charge in [-0.1, -0.05) is 0 Å². The molecular formula is C6H19N3O4Pt+4. The fourth-order valence-electron chi connectivity index (χ4n) is 0.641. The topological polar surface area (TPSA) is 160 Å². The van der Waals surface area contributed by atoms with E-state index >= 15 is 0 Å². The Morgan fingerprint density at radius 1 is 1.21 bits per heavy atom. The number of quaternary nitrogens is 2. The van der Waals surface area contributed by atoms with Gasteiger partial charge in [0.05, 0.1) is 0 Å². The Labute approximate surface area is 96.7 Å². The van der Waals surface area contributed by atoms with Gasteiger partial charge in [-0.05, 0) is 20.0 Å². The third-order valence-corrected chi connectivity index (χ3v) is 1.28. The summed E-state index contributed by atoms with van der Waals surface area (Å²) in [7, 11) is 1.64. The second-order valence-corrected chi connectivity index (χ2v) is 2.12. The minimum Gasteiger partial charge on any atom is -0.481 e. The van der Waals surface area contributed by atoms with Crippen LogP contribution in [0.1, 0.15) is 6.42 Å². The van der Waals surface area contributed by atoms with Gasteiger partial charge in [-0.3, -0.25) is 9.59 Å². The molecule has 0 amide bonds. The normalized spacial score (nSPS) is 7.86. The zero-order chi connectivity index (χ0) is 8.85. The summed E-state index contributed by atoms with van der Waals surface area (Å²) in [6.45, 7) is 0.392. The van der Waals surface area contributed by atoms with Crippen molar-refractivity contribution in [2.24, 2.45) is 5.92 Å². The van der Waals surface area contributed by atoms with E-state index in [9.17, 15) is 9.59 Å². The quantitative estimate of drug-likeness (QED) is 0.420. The number of nitrogens with one attached hydrogen (secondary N) is 1. The Bertz CT molecular complexity index is 153. The first kappa shape index (κ1) is 23.4. The van der Waals surface area contributed by atoms with Gasteiger partial charge < -0.3 is 27.8 Å². The van der Waals surface area contributed by atoms with Gasteiger partial charge in [0.15, 0.2) is 5.92 Å². The Kier molecular flexibility index (Phi) is 20.9. The van der Waals surface area contributed by atoms with E-state index in [2.05, 4.69) is 5.32 Å². The minimum absolute atomic E-state index is 0. The number of rotatable bonds is 5. The Morgan fingerprint density at radius 2 is 1.57 bits per heavy atom. The molecule has 0 bridgehead atoms. The summed E-state index contributed by atoms with van der Waals surface area (Å²) in [5.41, 5.74) is 0. The van der Waals surface area contributed by atoms with Crippen LogP contribution < -0.4 is 17.6 Å². The molecule has 0 atom stereocenters. The first-order valence-corrected chi connectivity index (χ1v) is 3.19. The third-order valence-electron chi connectivity index (χ3n) is 1.28. The summed E-state index contributed by atoms with van der Waals surface area (Å²) < 4.78 is 0. The van der Waals surface area contributed by atoms with Crippen molar-refractivity contribution in [3.05, 3.63) is 0 Å². The zero-order valence-corrected chi connectivity index (χ0v) is 10.8. The van der Waals surface area contributed by atoms with Crippen molar-refractivity contribution in [2.45, 2.75) is 6.42 Å². The Morgan fingerprint density at radius 3 is 1.79 bits per heavy atom. The second-order valence-electron chi connectivity index (χ2n) is 2.12. The summed E-state index contributed by atoms with van der Waals surface area (Å²) in [5.74, 6) is -3.86. The molecule has 0 saturated carbocycles. The molecule has 88 valence electrons. The first-order chi connectivity index (χ1) is 5.09. The standard InChI is InChI=1S/C6H11NO4.2H3N.Pt/c1-7-3-2-4(5(8)9)6(10)11;;;/h4,7H,2-3H2,1H3,(H,8,9)(H,10,11);2*1H3;/q;;;+2/p+2. The average molecular weight is 392 g/mol. The molecule has 0 aromatic rings. The molecule has 0 radical (unpaired) electrons. The van der Waals surface area contributed by atoms with Gasteiger partial charge in [0.1, 0.15) is 0 Å². The summed E-state index contributed by atoms with van der Waals surface area (Å²) in [6, 6.07) is 0. The molecule has 0 saturated heterocycles. The van der Waals surface area contributed by atoms with E-state index in [4.69, 9.17) is 10.2 Å². The maximum atomic E-state index is 10.2. The molecule has 0 rings (SSSR count). The fourth-order valence-corrected chi connectivity index (χ4v) is 0.641. The molecule has 14 heavy (non-hydrogen) atoms. The van der Waals surface area contributed by atoms with Gasteiger partial charge >= 0.3 is 33.0 Å². The molecule has 0 aliphatic rings. The minimum atomic E-state index is -1.29. The summed E-state index contributed by atoms with van der Waals surface area (Å²) in [5, 5.41) is 19.4. The number of hydrogen-bond acceptors (Lipinski definition) is 3. The molecule has 0 aromatic heterocycles. The molecule has 0 aliphatic carbocycles. The van der Waals surface area contributed by atoms with Crippen molar-refractivity contribution < 1.29 is 40.9 Å². The van der Waals surface area contributed by atoms with Crippen molar-refractivity contribution >= 4 is 11.9 Å². The van der Waals surface area contributed by atoms with Gasteiger partial charge in [-0.15, -0.1) is 0 Å². The molecular weight excluding hydrogens is 373 g/mol. The van der Waals surface area contributed by atoms with Crippen LogP contribution in [0.5, 0.6) is 0 Å². The van der Waals surface area contributed by atoms with Crippen LogP contribution in [0.3, 0.4) is 0 Å². The third kappa shape index (κ3) is 9.60. The number of carbonyl (C=O) groups is 2. The largest absolute Gasteiger partial charge is 2.00 e. The van der Waals surface area contributed by atoms with E-state index in [1.807, 2.05) is 0 Å². The average Bonchev–Trinajstić information content (AvgIpc) is 1.87. The molecule has 0 fully saturated rings. The van der Waals surface area contributed by atoms with E-state index in [0.717, 1.165) is 0 Å². The van der Waals surface area contributed by atoms with Gasteiger partial charge in [0, 0.05) is 0 Å². The van der Waals surface area contributed by atoms with Crippen molar-refractivity contribution in [1.82, 2.24) is 17.6 Å². The van der Waals surface area contributed by atoms with Crippen LogP contribution in [0.2, 0.25) is 0 Å². The second kappa shape index (κ2) is 12.5. The van der Waals surface area contributed by atoms with Gasteiger partial charge in [0.2, 0.25) is 0 Å². The van der Waals surface area contributed by atoms with Crippen molar-refractivity contribution in [3.63, 3.8) is 0 Å². The molecule has 11 N–H and O–H groups in total. The summed E-state index contributed by atoms with van der Waals surface area (Å²) >= 11 is 0. The van der Waals surface area contributed by atoms with E-state index in [1.54, 1.807) is 7.05 Å². The van der Waals surface area contributed by atoms with Crippen LogP contribution in [0.15, 0.2) is 0 Å². The van der Waals surface area contributed by atoms with E-state index in [0.29, 0.717) is 6.54 Å². The van der Waals surface area contributed by atoms with E-state index < -0.39 is 17.9 Å². The molecule has 0 aliphatic heterocycles. The zero-order valence-electron chi connectivity index (χ0n) is 8.52. The predicted octanol–water partition coefficient (Wildman–Crippen LogP) is 0.131. The van der Waals surface area contributed by atoms with Gasteiger partial charge in [-0.25, -0.2) is 0 Å². The maximum Gasteiger partial charge on any atom is 2.00 e. The molecule has 0 unspecified atom stereocenters. The Balaban J connectivity index is -0.000000167. The monoisotopic (exact) mass is 392 g/mol. The number of hydrogen-bond donors (Lipinski definition) is 5. The summed E-state index contributed by atoms with van der Waals surface area (Å²) in [6.07, 6.45) is 0.112. The molecule has 0 spiro atoms. The van der Waals surface area contributed by atoms with E-state index in [-0.39, 0.29) is 39.8 Å². The van der Waals surface area contributed by atoms with Crippen molar-refractivity contribution in [1.29, 1.82) is 0 Å². The smallest absolute Gasteiger partial charge is 0.481 e. The molecule has 8 heteroatoms. The van der Waals surface area contributed by atoms with Crippen LogP contribution in [-0.2, 0) is 30.7 Å². The molecule has 0 heterocycles. The Hall–Kier alpha value is -0.492. The van der Waals surface area contributed by atoms with Gasteiger partial charge in [0.25, 0.3) is 0 Å². The van der Waals surface area contributed by atoms with Crippen LogP contribution in [0, 0.1) is 5.92 Å². The van der Waals surface area contributed by atoms with Crippen LogP contribution >= 0.6 is 0 Å². The van der Waals surface area contributed by atoms with Crippen LogP contribution in [0.25, 0.3) is 0 Å². The number of carboxylic acids is 2. The number of carboxylic acid groups (broad SMARTS) is 2. The number of aliphatic carboxylic acids is 2.